The van der Waals surface area contributed by atoms with Crippen LogP contribution in [0, 0.1) is 5.92 Å². The molecule has 6 rings (SSSR count). The maximum atomic E-state index is 6.43. The van der Waals surface area contributed by atoms with E-state index in [4.69, 9.17) is 37.9 Å². The Kier molecular flexibility index (Phi) is 13.0. The molecule has 0 N–H and O–H groups in total. The van der Waals surface area contributed by atoms with Crippen molar-refractivity contribution in [1.29, 1.82) is 0 Å². The Labute approximate surface area is 321 Å². The molecule has 0 aromatic heterocycles. The number of methoxy groups -OCH3 is 8. The van der Waals surface area contributed by atoms with E-state index < -0.39 is 15.8 Å². The van der Waals surface area contributed by atoms with Crippen LogP contribution < -0.4 is 40.2 Å². The summed E-state index contributed by atoms with van der Waals surface area (Å²) < 4.78 is 47.3. The molecule has 0 aliphatic heterocycles. The van der Waals surface area contributed by atoms with Gasteiger partial charge in [0.25, 0.3) is 0 Å². The molecule has 0 spiro atoms. The number of allylic oxidation sites excluding steroid dienone is 4. The highest BCUT2D eigenvalue weighted by molar-refractivity contribution is 7.77. The van der Waals surface area contributed by atoms with Crippen molar-refractivity contribution in [2.24, 2.45) is 5.92 Å². The zero-order valence-electron chi connectivity index (χ0n) is 32.1. The second-order valence-corrected chi connectivity index (χ2v) is 17.1. The van der Waals surface area contributed by atoms with Crippen LogP contribution in [-0.2, 0) is 18.9 Å². The molecule has 0 amide bonds. The molecule has 0 saturated heterocycles. The molecule has 10 heteroatoms. The summed E-state index contributed by atoms with van der Waals surface area (Å²) in [6.45, 7) is 0. The molecular weight excluding hydrogens is 718 g/mol. The maximum absolute atomic E-state index is 6.43. The summed E-state index contributed by atoms with van der Waals surface area (Å²) in [5.41, 5.74) is 0.963. The van der Waals surface area contributed by atoms with Crippen molar-refractivity contribution in [3.05, 3.63) is 143 Å². The molecule has 0 radical (unpaired) electrons. The predicted octanol–water partition coefficient (Wildman–Crippen LogP) is 7.55. The predicted molar refractivity (Wildman–Crippen MR) is 219 cm³/mol. The van der Waals surface area contributed by atoms with Crippen molar-refractivity contribution >= 4 is 37.1 Å². The third-order valence-corrected chi connectivity index (χ3v) is 15.1. The standard InChI is InChI=1S/C44H48O8P2/c1-45-29-9-17-35(18-10-29)53(36-19-11-30(46-2)12-20-36)41-27-33(49-5)25-39(51-7)43(41)44-40(52-8)26-34(50-6)28-42(44)54(37-21-13-31(47-3)14-22-37)38-23-15-32(48-4)16-24-38/h9-25,27-28,34,41,43H,26H2,1-8H3. The van der Waals surface area contributed by atoms with Gasteiger partial charge in [-0.2, -0.15) is 0 Å². The lowest BCUT2D eigenvalue weighted by molar-refractivity contribution is 0.118. The third-order valence-electron chi connectivity index (χ3n) is 9.81. The highest BCUT2D eigenvalue weighted by atomic mass is 31.1. The van der Waals surface area contributed by atoms with Crippen LogP contribution in [0.2, 0.25) is 0 Å². The van der Waals surface area contributed by atoms with Gasteiger partial charge in [-0.25, -0.2) is 0 Å². The minimum absolute atomic E-state index is 0.122. The number of hydrogen-bond acceptors (Lipinski definition) is 8. The number of hydrogen-bond donors (Lipinski definition) is 0. The number of benzene rings is 4. The fourth-order valence-corrected chi connectivity index (χ4v) is 12.4. The summed E-state index contributed by atoms with van der Waals surface area (Å²) in [6.07, 6.45) is 6.94. The van der Waals surface area contributed by atoms with Crippen molar-refractivity contribution in [3.63, 3.8) is 0 Å². The van der Waals surface area contributed by atoms with Gasteiger partial charge in [0.2, 0.25) is 0 Å². The zero-order chi connectivity index (χ0) is 38.2. The van der Waals surface area contributed by atoms with E-state index >= 15 is 0 Å². The molecule has 3 unspecified atom stereocenters. The van der Waals surface area contributed by atoms with Crippen LogP contribution in [0.25, 0.3) is 0 Å². The van der Waals surface area contributed by atoms with E-state index in [9.17, 15) is 0 Å². The second kappa shape index (κ2) is 18.1. The Hall–Kier alpha value is -4.74. The summed E-state index contributed by atoms with van der Waals surface area (Å²) >= 11 is 0. The first-order valence-electron chi connectivity index (χ1n) is 17.6. The molecule has 0 saturated carbocycles. The highest BCUT2D eigenvalue weighted by Crippen LogP contribution is 2.58. The van der Waals surface area contributed by atoms with Crippen molar-refractivity contribution in [3.8, 4) is 23.0 Å². The summed E-state index contributed by atoms with van der Waals surface area (Å²) in [6, 6.07) is 33.5. The van der Waals surface area contributed by atoms with Crippen LogP contribution in [0.4, 0.5) is 0 Å². The van der Waals surface area contributed by atoms with Crippen molar-refractivity contribution < 1.29 is 37.9 Å². The zero-order valence-corrected chi connectivity index (χ0v) is 33.9. The van der Waals surface area contributed by atoms with Gasteiger partial charge in [-0.15, -0.1) is 0 Å². The Balaban J connectivity index is 1.62. The maximum Gasteiger partial charge on any atom is 0.118 e. The van der Waals surface area contributed by atoms with Gasteiger partial charge in [0, 0.05) is 30.8 Å². The van der Waals surface area contributed by atoms with Crippen molar-refractivity contribution in [1.82, 2.24) is 0 Å². The average Bonchev–Trinajstić information content (AvgIpc) is 3.24. The summed E-state index contributed by atoms with van der Waals surface area (Å²) in [4.78, 5) is 0. The number of rotatable bonds is 15. The topological polar surface area (TPSA) is 73.8 Å². The molecular formula is C44H48O8P2. The van der Waals surface area contributed by atoms with Gasteiger partial charge in [0.05, 0.1) is 61.8 Å². The second-order valence-electron chi connectivity index (χ2n) is 12.6. The molecule has 54 heavy (non-hydrogen) atoms. The molecule has 2 aliphatic carbocycles. The van der Waals surface area contributed by atoms with Crippen LogP contribution >= 0.6 is 15.8 Å². The Bertz CT molecular complexity index is 1890. The van der Waals surface area contributed by atoms with Gasteiger partial charge in [-0.3, -0.25) is 0 Å². The van der Waals surface area contributed by atoms with E-state index in [1.807, 2.05) is 54.6 Å². The van der Waals surface area contributed by atoms with Crippen LogP contribution in [0.3, 0.4) is 0 Å². The molecule has 4 aromatic carbocycles. The smallest absolute Gasteiger partial charge is 0.118 e. The first-order chi connectivity index (χ1) is 26.4. The van der Waals surface area contributed by atoms with Gasteiger partial charge >= 0.3 is 0 Å². The normalized spacial score (nSPS) is 18.4. The molecule has 282 valence electrons. The van der Waals surface area contributed by atoms with Crippen molar-refractivity contribution in [2.45, 2.75) is 18.2 Å². The Morgan fingerprint density at radius 3 is 1.30 bits per heavy atom. The van der Waals surface area contributed by atoms with Crippen LogP contribution in [0.5, 0.6) is 23.0 Å². The van der Waals surface area contributed by atoms with Gasteiger partial charge < -0.3 is 37.9 Å². The van der Waals surface area contributed by atoms with Crippen LogP contribution in [0.15, 0.2) is 143 Å². The van der Waals surface area contributed by atoms with E-state index in [-0.39, 0.29) is 17.7 Å². The van der Waals surface area contributed by atoms with Gasteiger partial charge in [0.15, 0.2) is 0 Å². The minimum Gasteiger partial charge on any atom is -0.501 e. The third kappa shape index (κ3) is 8.17. The lowest BCUT2D eigenvalue weighted by atomic mass is 9.84. The minimum atomic E-state index is -1.16. The molecule has 0 fully saturated rings. The lowest BCUT2D eigenvalue weighted by Crippen LogP contribution is -2.35. The van der Waals surface area contributed by atoms with Crippen molar-refractivity contribution in [2.75, 3.05) is 56.9 Å². The Morgan fingerprint density at radius 1 is 0.481 bits per heavy atom. The first kappa shape index (κ1) is 39.0. The lowest BCUT2D eigenvalue weighted by Gasteiger charge is -2.41. The van der Waals surface area contributed by atoms with Gasteiger partial charge in [0.1, 0.15) is 40.3 Å². The van der Waals surface area contributed by atoms with E-state index in [1.54, 1.807) is 56.9 Å². The van der Waals surface area contributed by atoms with Gasteiger partial charge in [-0.1, -0.05) is 48.5 Å². The molecule has 8 nitrogen and oxygen atoms in total. The molecule has 2 aliphatic rings. The Morgan fingerprint density at radius 2 is 0.926 bits per heavy atom. The van der Waals surface area contributed by atoms with E-state index in [1.165, 1.54) is 10.6 Å². The SMILES string of the molecule is COC1=CC(P(c2ccc(OC)cc2)c2ccc(OC)cc2)C(C2=C(OC)CC(OC)C=C2P(c2ccc(OC)cc2)c2ccc(OC)cc2)C(OC)=C1. The molecule has 4 aromatic rings. The summed E-state index contributed by atoms with van der Waals surface area (Å²) in [5.74, 6) is 5.32. The van der Waals surface area contributed by atoms with E-state index in [0.29, 0.717) is 6.42 Å². The first-order valence-corrected chi connectivity index (χ1v) is 20.3. The number of ether oxygens (including phenoxy) is 8. The van der Waals surface area contributed by atoms with E-state index in [0.717, 1.165) is 61.8 Å². The molecule has 0 heterocycles. The van der Waals surface area contributed by atoms with Crippen LogP contribution in [0.1, 0.15) is 6.42 Å². The molecule has 3 atom stereocenters. The largest absolute Gasteiger partial charge is 0.501 e. The fraction of sp³-hybridized carbons (Fsp3) is 0.273. The van der Waals surface area contributed by atoms with Gasteiger partial charge in [-0.05, 0) is 103 Å². The fourth-order valence-electron chi connectivity index (χ4n) is 7.06. The quantitative estimate of drug-likeness (QED) is 0.115. The highest BCUT2D eigenvalue weighted by Gasteiger charge is 2.44. The summed E-state index contributed by atoms with van der Waals surface area (Å²) in [5, 5.41) is 5.81. The average molecular weight is 767 g/mol. The molecule has 0 bridgehead atoms. The monoisotopic (exact) mass is 766 g/mol. The van der Waals surface area contributed by atoms with E-state index in [2.05, 4.69) is 60.7 Å². The van der Waals surface area contributed by atoms with Crippen LogP contribution in [-0.4, -0.2) is 68.6 Å². The summed E-state index contributed by atoms with van der Waals surface area (Å²) in [7, 11) is 11.5.